The molecule has 27 heavy (non-hydrogen) atoms. The van der Waals surface area contributed by atoms with Crippen LogP contribution in [0.25, 0.3) is 0 Å². The molecule has 0 fully saturated rings. The van der Waals surface area contributed by atoms with Crippen LogP contribution in [0.2, 0.25) is 0 Å². The molecule has 0 saturated heterocycles. The SMILES string of the molecule is COCOc1cc(COC)cc(C/C=C(\C)CCC=C(C)C)c1OCOC. The number of methoxy groups -OCH3 is 3. The highest BCUT2D eigenvalue weighted by Crippen LogP contribution is 2.34. The lowest BCUT2D eigenvalue weighted by atomic mass is 10.0. The predicted molar refractivity (Wildman–Crippen MR) is 108 cm³/mol. The van der Waals surface area contributed by atoms with E-state index in [9.17, 15) is 0 Å². The summed E-state index contributed by atoms with van der Waals surface area (Å²) < 4.78 is 27.0. The monoisotopic (exact) mass is 378 g/mol. The molecule has 0 unspecified atom stereocenters. The van der Waals surface area contributed by atoms with E-state index in [-0.39, 0.29) is 13.6 Å². The van der Waals surface area contributed by atoms with Crippen molar-refractivity contribution in [1.29, 1.82) is 0 Å². The van der Waals surface area contributed by atoms with Crippen molar-refractivity contribution < 1.29 is 23.7 Å². The fourth-order valence-corrected chi connectivity index (χ4v) is 2.61. The zero-order valence-corrected chi connectivity index (χ0v) is 17.6. The van der Waals surface area contributed by atoms with E-state index in [0.717, 1.165) is 30.4 Å². The van der Waals surface area contributed by atoms with E-state index in [1.165, 1.54) is 11.1 Å². The van der Waals surface area contributed by atoms with Gasteiger partial charge in [0.1, 0.15) is 0 Å². The van der Waals surface area contributed by atoms with Crippen molar-refractivity contribution in [2.45, 2.75) is 46.6 Å². The minimum absolute atomic E-state index is 0.150. The fraction of sp³-hybridized carbons (Fsp3) is 0.545. The molecule has 0 aliphatic rings. The van der Waals surface area contributed by atoms with Gasteiger partial charge in [0.15, 0.2) is 25.1 Å². The van der Waals surface area contributed by atoms with E-state index in [1.54, 1.807) is 21.3 Å². The second kappa shape index (κ2) is 13.4. The maximum atomic E-state index is 5.81. The fourth-order valence-electron chi connectivity index (χ4n) is 2.61. The van der Waals surface area contributed by atoms with Gasteiger partial charge in [0.05, 0.1) is 6.61 Å². The van der Waals surface area contributed by atoms with E-state index in [1.807, 2.05) is 6.07 Å². The van der Waals surface area contributed by atoms with Crippen LogP contribution in [-0.4, -0.2) is 34.9 Å². The molecular formula is C22H34O5. The number of hydrogen-bond acceptors (Lipinski definition) is 5. The molecule has 0 aromatic heterocycles. The maximum absolute atomic E-state index is 5.81. The first-order chi connectivity index (χ1) is 13.0. The van der Waals surface area contributed by atoms with Gasteiger partial charge in [-0.3, -0.25) is 0 Å². The molecule has 1 rings (SSSR count). The summed E-state index contributed by atoms with van der Waals surface area (Å²) >= 11 is 0. The molecule has 0 bridgehead atoms. The van der Waals surface area contributed by atoms with E-state index in [2.05, 4.69) is 39.0 Å². The van der Waals surface area contributed by atoms with Crippen LogP contribution >= 0.6 is 0 Å². The van der Waals surface area contributed by atoms with Crippen LogP contribution in [0.15, 0.2) is 35.4 Å². The third kappa shape index (κ3) is 9.09. The number of allylic oxidation sites excluding steroid dienone is 4. The Labute approximate surface area is 163 Å². The number of hydrogen-bond donors (Lipinski definition) is 0. The predicted octanol–water partition coefficient (Wildman–Crippen LogP) is 5.03. The number of ether oxygens (including phenoxy) is 5. The largest absolute Gasteiger partial charge is 0.464 e. The summed E-state index contributed by atoms with van der Waals surface area (Å²) in [5.41, 5.74) is 4.76. The van der Waals surface area contributed by atoms with Gasteiger partial charge in [-0.2, -0.15) is 0 Å². The van der Waals surface area contributed by atoms with E-state index < -0.39 is 0 Å². The van der Waals surface area contributed by atoms with Crippen molar-refractivity contribution in [3.63, 3.8) is 0 Å². The average molecular weight is 379 g/mol. The molecule has 0 radical (unpaired) electrons. The molecule has 0 amide bonds. The van der Waals surface area contributed by atoms with Crippen molar-refractivity contribution in [3.05, 3.63) is 46.6 Å². The lowest BCUT2D eigenvalue weighted by Crippen LogP contribution is -2.07. The Kier molecular flexibility index (Phi) is 11.5. The first kappa shape index (κ1) is 23.2. The standard InChI is InChI=1S/C22H34O5/c1-17(2)8-7-9-18(3)10-11-20-12-19(14-23-4)13-21(26-15-24-5)22(20)27-16-25-6/h8,10,12-13H,7,9,11,14-16H2,1-6H3/b18-10+. The van der Waals surface area contributed by atoms with E-state index >= 15 is 0 Å². The van der Waals surface area contributed by atoms with Gasteiger partial charge < -0.3 is 23.7 Å². The first-order valence-corrected chi connectivity index (χ1v) is 9.19. The van der Waals surface area contributed by atoms with Gasteiger partial charge in [0.2, 0.25) is 0 Å². The summed E-state index contributed by atoms with van der Waals surface area (Å²) in [5, 5.41) is 0. The second-order valence-electron chi connectivity index (χ2n) is 6.69. The summed E-state index contributed by atoms with van der Waals surface area (Å²) in [4.78, 5) is 0. The van der Waals surface area contributed by atoms with Crippen LogP contribution in [-0.2, 0) is 27.2 Å². The highest BCUT2D eigenvalue weighted by molar-refractivity contribution is 5.50. The van der Waals surface area contributed by atoms with Crippen molar-refractivity contribution in [2.24, 2.45) is 0 Å². The first-order valence-electron chi connectivity index (χ1n) is 9.19. The van der Waals surface area contributed by atoms with Crippen molar-refractivity contribution in [1.82, 2.24) is 0 Å². The number of benzene rings is 1. The van der Waals surface area contributed by atoms with Crippen molar-refractivity contribution in [3.8, 4) is 11.5 Å². The van der Waals surface area contributed by atoms with Gasteiger partial charge in [-0.1, -0.05) is 23.3 Å². The van der Waals surface area contributed by atoms with Gasteiger partial charge in [-0.05, 0) is 57.7 Å². The molecule has 0 aliphatic heterocycles. The third-order valence-corrected chi connectivity index (χ3v) is 3.92. The van der Waals surface area contributed by atoms with Gasteiger partial charge in [0.25, 0.3) is 0 Å². The molecule has 0 atom stereocenters. The smallest absolute Gasteiger partial charge is 0.188 e. The lowest BCUT2D eigenvalue weighted by molar-refractivity contribution is 0.0316. The molecule has 1 aromatic carbocycles. The van der Waals surface area contributed by atoms with Gasteiger partial charge >= 0.3 is 0 Å². The minimum atomic E-state index is 0.150. The molecule has 0 aliphatic carbocycles. The van der Waals surface area contributed by atoms with E-state index in [4.69, 9.17) is 23.7 Å². The number of rotatable bonds is 13. The third-order valence-electron chi connectivity index (χ3n) is 3.92. The van der Waals surface area contributed by atoms with E-state index in [0.29, 0.717) is 18.1 Å². The highest BCUT2D eigenvalue weighted by atomic mass is 16.7. The second-order valence-corrected chi connectivity index (χ2v) is 6.69. The summed E-state index contributed by atoms with van der Waals surface area (Å²) in [5.74, 6) is 1.32. The van der Waals surface area contributed by atoms with Crippen LogP contribution < -0.4 is 9.47 Å². The van der Waals surface area contributed by atoms with Crippen molar-refractivity contribution in [2.75, 3.05) is 34.9 Å². The molecule has 152 valence electrons. The molecule has 5 nitrogen and oxygen atoms in total. The van der Waals surface area contributed by atoms with Crippen LogP contribution in [0.4, 0.5) is 0 Å². The molecule has 5 heteroatoms. The summed E-state index contributed by atoms with van der Waals surface area (Å²) in [6.07, 6.45) is 7.36. The Balaban J connectivity index is 3.07. The average Bonchev–Trinajstić information content (AvgIpc) is 2.63. The van der Waals surface area contributed by atoms with Crippen molar-refractivity contribution >= 4 is 0 Å². The summed E-state index contributed by atoms with van der Waals surface area (Å²) in [6, 6.07) is 4.01. The summed E-state index contributed by atoms with van der Waals surface area (Å²) in [6.45, 7) is 7.22. The van der Waals surface area contributed by atoms with Crippen LogP contribution in [0.5, 0.6) is 11.5 Å². The van der Waals surface area contributed by atoms with Gasteiger partial charge in [-0.25, -0.2) is 0 Å². The molecule has 0 saturated carbocycles. The van der Waals surface area contributed by atoms with Gasteiger partial charge in [-0.15, -0.1) is 0 Å². The Morgan fingerprint density at radius 3 is 2.22 bits per heavy atom. The van der Waals surface area contributed by atoms with Gasteiger partial charge in [0, 0.05) is 26.9 Å². The summed E-state index contributed by atoms with van der Waals surface area (Å²) in [7, 11) is 4.87. The normalized spacial score (nSPS) is 11.4. The maximum Gasteiger partial charge on any atom is 0.188 e. The molecule has 1 aromatic rings. The molecule has 0 N–H and O–H groups in total. The Morgan fingerprint density at radius 2 is 1.59 bits per heavy atom. The van der Waals surface area contributed by atoms with Crippen LogP contribution in [0.3, 0.4) is 0 Å². The zero-order valence-electron chi connectivity index (χ0n) is 17.6. The molecule has 0 spiro atoms. The topological polar surface area (TPSA) is 46.2 Å². The van der Waals surface area contributed by atoms with Crippen LogP contribution in [0.1, 0.15) is 44.7 Å². The Bertz CT molecular complexity index is 615. The lowest BCUT2D eigenvalue weighted by Gasteiger charge is -2.17. The zero-order chi connectivity index (χ0) is 20.1. The minimum Gasteiger partial charge on any atom is -0.464 e. The van der Waals surface area contributed by atoms with Crippen LogP contribution in [0, 0.1) is 0 Å². The quantitative estimate of drug-likeness (QED) is 0.356. The Morgan fingerprint density at radius 1 is 0.889 bits per heavy atom. The molecular weight excluding hydrogens is 344 g/mol. The highest BCUT2D eigenvalue weighted by Gasteiger charge is 2.14. The Hall–Kier alpha value is -1.82. The molecule has 0 heterocycles.